The molecule has 1 aliphatic rings. The van der Waals surface area contributed by atoms with Crippen molar-refractivity contribution in [2.24, 2.45) is 0 Å². The highest BCUT2D eigenvalue weighted by molar-refractivity contribution is 7.92. The summed E-state index contributed by atoms with van der Waals surface area (Å²) in [4.78, 5) is 12.5. The number of amides is 1. The van der Waals surface area contributed by atoms with Crippen molar-refractivity contribution in [1.82, 2.24) is 5.32 Å². The van der Waals surface area contributed by atoms with Crippen LogP contribution in [0.2, 0.25) is 5.02 Å². The molecular weight excluding hydrogens is 432 g/mol. The topological polar surface area (TPSA) is 66.5 Å². The highest BCUT2D eigenvalue weighted by atomic mass is 35.5. The smallest absolute Gasteiger partial charge is 0.232 e. The minimum absolute atomic E-state index is 0.0820. The zero-order chi connectivity index (χ0) is 22.6. The second-order valence-corrected chi connectivity index (χ2v) is 10.7. The van der Waals surface area contributed by atoms with Crippen LogP contribution in [0.3, 0.4) is 0 Å². The quantitative estimate of drug-likeness (QED) is 0.603. The van der Waals surface area contributed by atoms with Crippen molar-refractivity contribution in [3.05, 3.63) is 63.7 Å². The van der Waals surface area contributed by atoms with E-state index in [1.54, 1.807) is 25.1 Å². The summed E-state index contributed by atoms with van der Waals surface area (Å²) in [5.41, 5.74) is 5.19. The van der Waals surface area contributed by atoms with Crippen LogP contribution in [0, 0.1) is 6.92 Å². The normalized spacial score (nSPS) is 14.6. The van der Waals surface area contributed by atoms with Crippen LogP contribution >= 0.6 is 11.6 Å². The number of nitrogens with one attached hydrogen (secondary N) is 1. The molecule has 0 unspecified atom stereocenters. The fourth-order valence-corrected chi connectivity index (χ4v) is 5.32. The number of benzene rings is 2. The Hall–Kier alpha value is -2.05. The Morgan fingerprint density at radius 2 is 1.87 bits per heavy atom. The van der Waals surface area contributed by atoms with Gasteiger partial charge < -0.3 is 5.32 Å². The van der Waals surface area contributed by atoms with Gasteiger partial charge in [-0.15, -0.1) is 0 Å². The first-order chi connectivity index (χ1) is 14.7. The van der Waals surface area contributed by atoms with Crippen LogP contribution in [0.1, 0.15) is 60.9 Å². The molecule has 1 atom stereocenters. The highest BCUT2D eigenvalue weighted by Gasteiger charge is 2.21. The Kier molecular flexibility index (Phi) is 7.65. The number of hydrogen-bond donors (Lipinski definition) is 1. The molecule has 0 bridgehead atoms. The maximum absolute atomic E-state index is 12.5. The number of hydrogen-bond acceptors (Lipinski definition) is 3. The molecule has 0 fully saturated rings. The molecule has 1 aliphatic carbocycles. The van der Waals surface area contributed by atoms with Crippen LogP contribution in [0.5, 0.6) is 0 Å². The summed E-state index contributed by atoms with van der Waals surface area (Å²) in [5, 5.41) is 3.56. The van der Waals surface area contributed by atoms with Gasteiger partial charge in [0.1, 0.15) is 0 Å². The lowest BCUT2D eigenvalue weighted by molar-refractivity contribution is -0.121. The van der Waals surface area contributed by atoms with E-state index in [2.05, 4.69) is 23.5 Å². The molecule has 2 aromatic rings. The summed E-state index contributed by atoms with van der Waals surface area (Å²) in [6.45, 7) is 4.00. The lowest BCUT2D eigenvalue weighted by Crippen LogP contribution is -2.33. The Morgan fingerprint density at radius 1 is 1.16 bits per heavy atom. The molecule has 5 nitrogen and oxygen atoms in total. The second-order valence-electron chi connectivity index (χ2n) is 8.35. The third-order valence-corrected chi connectivity index (χ3v) is 7.51. The number of fused-ring (bicyclic) bond motifs is 1. The third kappa shape index (κ3) is 6.01. The summed E-state index contributed by atoms with van der Waals surface area (Å²) >= 11 is 6.17. The molecule has 168 valence electrons. The van der Waals surface area contributed by atoms with Crippen molar-refractivity contribution in [3.63, 3.8) is 0 Å². The summed E-state index contributed by atoms with van der Waals surface area (Å²) in [6, 6.07) is 11.6. The van der Waals surface area contributed by atoms with E-state index >= 15 is 0 Å². The van der Waals surface area contributed by atoms with Gasteiger partial charge in [0.15, 0.2) is 0 Å². The highest BCUT2D eigenvalue weighted by Crippen LogP contribution is 2.28. The largest absolute Gasteiger partial charge is 0.350 e. The van der Waals surface area contributed by atoms with Crippen molar-refractivity contribution in [2.75, 3.05) is 17.1 Å². The summed E-state index contributed by atoms with van der Waals surface area (Å²) in [5.74, 6) is -0.0820. The minimum Gasteiger partial charge on any atom is -0.350 e. The van der Waals surface area contributed by atoms with Gasteiger partial charge in [-0.3, -0.25) is 9.10 Å². The Morgan fingerprint density at radius 3 is 2.58 bits per heavy atom. The number of nitrogens with zero attached hydrogens (tertiary/aromatic N) is 1. The minimum atomic E-state index is -3.49. The molecule has 0 aromatic heterocycles. The number of carbonyl (C=O) groups excluding carboxylic acids is 1. The molecule has 7 heteroatoms. The number of anilines is 1. The number of carbonyl (C=O) groups is 1. The van der Waals surface area contributed by atoms with E-state index in [0.717, 1.165) is 18.4 Å². The van der Waals surface area contributed by atoms with Crippen LogP contribution in [-0.4, -0.2) is 27.1 Å². The molecule has 0 aliphatic heterocycles. The van der Waals surface area contributed by atoms with Gasteiger partial charge in [0.05, 0.1) is 18.0 Å². The Bertz CT molecular complexity index is 1050. The Balaban J connectivity index is 1.58. The third-order valence-electron chi connectivity index (χ3n) is 5.92. The maximum atomic E-state index is 12.5. The average molecular weight is 463 g/mol. The van der Waals surface area contributed by atoms with Crippen LogP contribution < -0.4 is 9.62 Å². The van der Waals surface area contributed by atoms with E-state index in [-0.39, 0.29) is 24.9 Å². The van der Waals surface area contributed by atoms with Gasteiger partial charge in [0.25, 0.3) is 0 Å². The van der Waals surface area contributed by atoms with Crippen molar-refractivity contribution < 1.29 is 13.2 Å². The number of sulfonamides is 1. The average Bonchev–Trinajstić information content (AvgIpc) is 2.72. The van der Waals surface area contributed by atoms with Gasteiger partial charge in [-0.1, -0.05) is 35.9 Å². The van der Waals surface area contributed by atoms with Gasteiger partial charge in [-0.05, 0) is 80.3 Å². The van der Waals surface area contributed by atoms with Crippen molar-refractivity contribution in [1.29, 1.82) is 0 Å². The lowest BCUT2D eigenvalue weighted by atomic mass is 9.89. The van der Waals surface area contributed by atoms with E-state index in [1.165, 1.54) is 34.5 Å². The molecule has 1 amide bonds. The molecule has 31 heavy (non-hydrogen) atoms. The van der Waals surface area contributed by atoms with Crippen LogP contribution in [0.15, 0.2) is 36.4 Å². The molecule has 0 spiro atoms. The fraction of sp³-hybridized carbons (Fsp3) is 0.458. The van der Waals surface area contributed by atoms with Crippen molar-refractivity contribution in [3.8, 4) is 0 Å². The van der Waals surface area contributed by atoms with Crippen molar-refractivity contribution in [2.45, 2.75) is 58.4 Å². The first-order valence-electron chi connectivity index (χ1n) is 10.8. The fourth-order valence-electron chi connectivity index (χ4n) is 4.13. The van der Waals surface area contributed by atoms with Crippen LogP contribution in [0.25, 0.3) is 0 Å². The molecule has 0 saturated heterocycles. The number of aryl methyl sites for hydroxylation is 2. The zero-order valence-electron chi connectivity index (χ0n) is 18.4. The molecule has 0 radical (unpaired) electrons. The van der Waals surface area contributed by atoms with Gasteiger partial charge in [0, 0.05) is 18.0 Å². The number of halogens is 1. The standard InChI is InChI=1S/C24H31ClN2O3S/c1-17-22(25)10-6-11-23(17)27(31(3,29)30)15-7-12-24(28)26-18(2)20-14-13-19-8-4-5-9-21(19)16-20/h6,10-11,13-14,16,18H,4-5,7-9,12,15H2,1-3H3,(H,26,28)/t18-/m0/s1. The monoisotopic (exact) mass is 462 g/mol. The summed E-state index contributed by atoms with van der Waals surface area (Å²) < 4.78 is 26.0. The van der Waals surface area contributed by atoms with E-state index in [1.807, 2.05) is 6.92 Å². The van der Waals surface area contributed by atoms with E-state index in [0.29, 0.717) is 22.7 Å². The molecular formula is C24H31ClN2O3S. The van der Waals surface area contributed by atoms with Gasteiger partial charge in [0.2, 0.25) is 15.9 Å². The molecule has 0 heterocycles. The molecule has 3 rings (SSSR count). The van der Waals surface area contributed by atoms with Crippen LogP contribution in [0.4, 0.5) is 5.69 Å². The van der Waals surface area contributed by atoms with E-state index in [4.69, 9.17) is 11.6 Å². The van der Waals surface area contributed by atoms with Crippen molar-refractivity contribution >= 4 is 33.2 Å². The molecule has 0 saturated carbocycles. The maximum Gasteiger partial charge on any atom is 0.232 e. The second kappa shape index (κ2) is 10.0. The first kappa shape index (κ1) is 23.6. The zero-order valence-corrected chi connectivity index (χ0v) is 20.0. The van der Waals surface area contributed by atoms with Crippen LogP contribution in [-0.2, 0) is 27.7 Å². The molecule has 2 aromatic carbocycles. The Labute approximate surface area is 190 Å². The summed E-state index contributed by atoms with van der Waals surface area (Å²) in [7, 11) is -3.49. The van der Waals surface area contributed by atoms with E-state index < -0.39 is 10.0 Å². The first-order valence-corrected chi connectivity index (χ1v) is 13.0. The molecule has 1 N–H and O–H groups in total. The summed E-state index contributed by atoms with van der Waals surface area (Å²) in [6.07, 6.45) is 6.56. The lowest BCUT2D eigenvalue weighted by Gasteiger charge is -2.24. The van der Waals surface area contributed by atoms with Gasteiger partial charge in [-0.25, -0.2) is 8.42 Å². The SMILES string of the molecule is Cc1c(Cl)cccc1N(CCCC(=O)N[C@@H](C)c1ccc2c(c1)CCCC2)S(C)(=O)=O. The predicted octanol–water partition coefficient (Wildman–Crippen LogP) is 4.95. The predicted molar refractivity (Wildman–Crippen MR) is 127 cm³/mol. The van der Waals surface area contributed by atoms with Gasteiger partial charge in [-0.2, -0.15) is 0 Å². The van der Waals surface area contributed by atoms with Gasteiger partial charge >= 0.3 is 0 Å². The van der Waals surface area contributed by atoms with E-state index in [9.17, 15) is 13.2 Å². The number of rotatable bonds is 8.